The minimum atomic E-state index is -1.54. The second-order valence-corrected chi connectivity index (χ2v) is 14.9. The van der Waals surface area contributed by atoms with Gasteiger partial charge in [0.25, 0.3) is 0 Å². The number of ether oxygens (including phenoxy) is 2. The first-order chi connectivity index (χ1) is 22.1. The Balaban J connectivity index is 0.000000252. The molecule has 2 aliphatic heterocycles. The Morgan fingerprint density at radius 2 is 1.08 bits per heavy atom. The van der Waals surface area contributed by atoms with Crippen LogP contribution in [0.3, 0.4) is 0 Å². The average Bonchev–Trinajstić information content (AvgIpc) is 3.36. The summed E-state index contributed by atoms with van der Waals surface area (Å²) >= 11 is 3.34. The highest BCUT2D eigenvalue weighted by molar-refractivity contribution is 9.10. The van der Waals surface area contributed by atoms with E-state index < -0.39 is 21.1 Å². The van der Waals surface area contributed by atoms with E-state index in [-0.39, 0.29) is 52.6 Å². The summed E-state index contributed by atoms with van der Waals surface area (Å²) in [6, 6.07) is 3.58. The number of rotatable bonds is 8. The molecule has 0 spiro atoms. The monoisotopic (exact) mass is 734 g/mol. The summed E-state index contributed by atoms with van der Waals surface area (Å²) in [5.41, 5.74) is 0.681. The molecule has 264 valence electrons. The maximum absolute atomic E-state index is 11.1. The van der Waals surface area contributed by atoms with Crippen LogP contribution >= 0.6 is 15.9 Å². The molecule has 2 atom stereocenters. The maximum Gasteiger partial charge on any atom is 0.490 e. The van der Waals surface area contributed by atoms with Gasteiger partial charge >= 0.3 is 33.1 Å². The van der Waals surface area contributed by atoms with Gasteiger partial charge in [-0.05, 0) is 100 Å². The summed E-state index contributed by atoms with van der Waals surface area (Å²) in [4.78, 5) is 30.0. The zero-order valence-corrected chi connectivity index (χ0v) is 31.8. The highest BCUT2D eigenvalue weighted by Crippen LogP contribution is 2.43. The summed E-state index contributed by atoms with van der Waals surface area (Å²) < 4.78 is 33.9. The van der Waals surface area contributed by atoms with Crippen LogP contribution in [0.15, 0.2) is 41.4 Å². The molecule has 0 saturated carbocycles. The Morgan fingerprint density at radius 1 is 0.729 bits per heavy atom. The summed E-state index contributed by atoms with van der Waals surface area (Å²) in [7, 11) is 0.236. The van der Waals surface area contributed by atoms with Crippen LogP contribution < -0.4 is 5.46 Å². The summed E-state index contributed by atoms with van der Waals surface area (Å²) in [6.07, 6.45) is 7.07. The number of halogens is 1. The molecule has 0 radical (unpaired) electrons. The molecule has 4 heterocycles. The number of carbonyl (C=O) groups excluding carboxylic acids is 2. The quantitative estimate of drug-likeness (QED) is 0.295. The molecule has 48 heavy (non-hydrogen) atoms. The lowest BCUT2D eigenvalue weighted by molar-refractivity contribution is -0.141. The number of hydrogen-bond acceptors (Lipinski definition) is 12. The first-order valence-electron chi connectivity index (χ1n) is 15.8. The third-order valence-corrected chi connectivity index (χ3v) is 9.54. The van der Waals surface area contributed by atoms with Crippen LogP contribution in [0.1, 0.15) is 105 Å². The van der Waals surface area contributed by atoms with Gasteiger partial charge in [-0.25, -0.2) is 0 Å². The topological polar surface area (TPSA) is 156 Å². The van der Waals surface area contributed by atoms with Gasteiger partial charge in [-0.2, -0.15) is 0 Å². The maximum atomic E-state index is 11.1. The molecule has 0 bridgehead atoms. The van der Waals surface area contributed by atoms with E-state index in [9.17, 15) is 9.59 Å². The number of carbonyl (C=O) groups is 2. The number of hydrogen-bond donors (Lipinski definition) is 2. The Labute approximate surface area is 294 Å². The SMILES string of the molecule is CC1(C)OB(B2OC(C)(C)C(C)(C)O2)OC1(C)C.COC(=O)C[C@H](C)c1cncc(B(O)O)c1.COC(=O)C[C@H](C)c1cncc(Br)c1. The molecule has 2 aliphatic rings. The van der Waals surface area contributed by atoms with Crippen molar-refractivity contribution in [3.05, 3.63) is 52.5 Å². The number of nitrogens with zero attached hydrogens (tertiary/aromatic N) is 2. The van der Waals surface area contributed by atoms with E-state index >= 15 is 0 Å². The fourth-order valence-corrected chi connectivity index (χ4v) is 4.87. The molecular weight excluding hydrogens is 685 g/mol. The lowest BCUT2D eigenvalue weighted by atomic mass is 9.49. The summed E-state index contributed by atoms with van der Waals surface area (Å²) in [5.74, 6) is -0.439. The van der Waals surface area contributed by atoms with E-state index in [1.807, 2.05) is 75.3 Å². The molecule has 2 N–H and O–H groups in total. The number of pyridine rings is 2. The third kappa shape index (κ3) is 11.4. The van der Waals surface area contributed by atoms with Crippen LogP contribution in [0.25, 0.3) is 0 Å². The number of methoxy groups -OCH3 is 2. The van der Waals surface area contributed by atoms with Gasteiger partial charge in [0.1, 0.15) is 0 Å². The minimum Gasteiger partial charge on any atom is -0.469 e. The zero-order valence-electron chi connectivity index (χ0n) is 30.2. The fourth-order valence-electron chi connectivity index (χ4n) is 4.49. The van der Waals surface area contributed by atoms with Crippen molar-refractivity contribution in [3.63, 3.8) is 0 Å². The van der Waals surface area contributed by atoms with Crippen molar-refractivity contribution >= 4 is 54.5 Å². The molecule has 2 fully saturated rings. The highest BCUT2D eigenvalue weighted by Gasteiger charge is 2.63. The lowest BCUT2D eigenvalue weighted by Crippen LogP contribution is -2.41. The van der Waals surface area contributed by atoms with Gasteiger partial charge in [0, 0.05) is 34.7 Å². The molecule has 12 nitrogen and oxygen atoms in total. The van der Waals surface area contributed by atoms with Crippen molar-refractivity contribution in [1.29, 1.82) is 0 Å². The largest absolute Gasteiger partial charge is 0.490 e. The van der Waals surface area contributed by atoms with Crippen molar-refractivity contribution in [1.82, 2.24) is 9.97 Å². The van der Waals surface area contributed by atoms with E-state index in [0.717, 1.165) is 15.6 Å². The highest BCUT2D eigenvalue weighted by atomic mass is 79.9. The van der Waals surface area contributed by atoms with Crippen molar-refractivity contribution in [2.24, 2.45) is 0 Å². The van der Waals surface area contributed by atoms with Gasteiger partial charge in [0.2, 0.25) is 0 Å². The Morgan fingerprint density at radius 3 is 1.42 bits per heavy atom. The van der Waals surface area contributed by atoms with Crippen LogP contribution in [-0.2, 0) is 37.7 Å². The Kier molecular flexibility index (Phi) is 14.9. The van der Waals surface area contributed by atoms with Crippen LogP contribution in [0.4, 0.5) is 0 Å². The molecule has 0 amide bonds. The fraction of sp³-hybridized carbons (Fsp3) is 0.625. The van der Waals surface area contributed by atoms with Crippen molar-refractivity contribution in [3.8, 4) is 0 Å². The van der Waals surface area contributed by atoms with Gasteiger partial charge in [-0.15, -0.1) is 0 Å². The number of esters is 2. The second-order valence-electron chi connectivity index (χ2n) is 14.0. The Bertz CT molecular complexity index is 1310. The standard InChI is InChI=1S/C12H24B2O4.C10H14BNO4.C10H12BrNO2/c1-9(2)10(3,4)16-13(15-9)14-17-11(5,6)12(7,8)18-14;1-7(3-10(13)16-2)8-4-9(11(14)15)6-12-5-8;1-7(3-10(13)14-2)8-4-9(11)6-12-5-8/h1-8H3;4-7,14-15H,3H2,1-2H3;4-7H,3H2,1-2H3/t;2*7-/m.00/s1. The Hall–Kier alpha value is -2.33. The minimum absolute atomic E-state index is 0.0707. The third-order valence-electron chi connectivity index (χ3n) is 9.11. The first kappa shape index (κ1) is 41.8. The molecule has 2 aromatic rings. The zero-order chi connectivity index (χ0) is 36.7. The van der Waals surface area contributed by atoms with E-state index in [2.05, 4.69) is 35.4 Å². The van der Waals surface area contributed by atoms with Gasteiger partial charge < -0.3 is 38.1 Å². The van der Waals surface area contributed by atoms with E-state index in [1.165, 1.54) is 20.4 Å². The van der Waals surface area contributed by atoms with Gasteiger partial charge in [0.15, 0.2) is 0 Å². The predicted molar refractivity (Wildman–Crippen MR) is 188 cm³/mol. The van der Waals surface area contributed by atoms with Crippen molar-refractivity contribution < 1.29 is 47.7 Å². The van der Waals surface area contributed by atoms with Gasteiger partial charge in [0.05, 0.1) is 49.5 Å². The van der Waals surface area contributed by atoms with E-state index in [4.69, 9.17) is 28.7 Å². The van der Waals surface area contributed by atoms with Crippen LogP contribution in [0.2, 0.25) is 0 Å². The average molecular weight is 735 g/mol. The number of aromatic nitrogens is 2. The second kappa shape index (κ2) is 17.1. The lowest BCUT2D eigenvalue weighted by Gasteiger charge is -2.32. The van der Waals surface area contributed by atoms with E-state index in [0.29, 0.717) is 11.9 Å². The first-order valence-corrected chi connectivity index (χ1v) is 16.6. The van der Waals surface area contributed by atoms with Crippen molar-refractivity contribution in [2.45, 2.75) is 116 Å². The van der Waals surface area contributed by atoms with Crippen LogP contribution in [-0.4, -0.2) is 89.7 Å². The molecule has 0 aliphatic carbocycles. The molecule has 2 aromatic heterocycles. The smallest absolute Gasteiger partial charge is 0.469 e. The normalized spacial score (nSPS) is 19.6. The summed E-state index contributed by atoms with van der Waals surface area (Å²) in [6.45, 7) is 20.0. The van der Waals surface area contributed by atoms with Crippen molar-refractivity contribution in [2.75, 3.05) is 14.2 Å². The van der Waals surface area contributed by atoms with E-state index in [1.54, 1.807) is 24.7 Å². The molecule has 4 rings (SSSR count). The van der Waals surface area contributed by atoms with Gasteiger partial charge in [-0.1, -0.05) is 19.9 Å². The molecule has 16 heteroatoms. The molecule has 0 aromatic carbocycles. The predicted octanol–water partition coefficient (Wildman–Crippen LogP) is 4.19. The molecule has 2 saturated heterocycles. The molecular formula is C32H50B3BrN2O10. The van der Waals surface area contributed by atoms with Crippen LogP contribution in [0, 0.1) is 0 Å². The van der Waals surface area contributed by atoms with Crippen LogP contribution in [0.5, 0.6) is 0 Å². The van der Waals surface area contributed by atoms with Gasteiger partial charge in [-0.3, -0.25) is 19.6 Å². The summed E-state index contributed by atoms with van der Waals surface area (Å²) in [5, 5.41) is 18.0. The molecule has 0 unspecified atom stereocenters.